The van der Waals surface area contributed by atoms with Crippen LogP contribution in [0, 0.1) is 6.92 Å². The van der Waals surface area contributed by atoms with E-state index in [1.807, 2.05) is 25.3 Å². The van der Waals surface area contributed by atoms with Crippen LogP contribution in [0.4, 0.5) is 5.69 Å². The second-order valence-corrected chi connectivity index (χ2v) is 6.34. The number of amides is 1. The van der Waals surface area contributed by atoms with Crippen molar-refractivity contribution in [3.8, 4) is 0 Å². The van der Waals surface area contributed by atoms with Crippen molar-refractivity contribution >= 4 is 29.0 Å². The van der Waals surface area contributed by atoms with Gasteiger partial charge in [0.1, 0.15) is 0 Å². The van der Waals surface area contributed by atoms with E-state index in [4.69, 9.17) is 11.6 Å². The lowest BCUT2D eigenvalue weighted by Gasteiger charge is -2.11. The van der Waals surface area contributed by atoms with Crippen molar-refractivity contribution in [1.29, 1.82) is 0 Å². The minimum Gasteiger partial charge on any atom is -0.325 e. The van der Waals surface area contributed by atoms with E-state index >= 15 is 0 Å². The van der Waals surface area contributed by atoms with Crippen LogP contribution in [0.1, 0.15) is 28.0 Å². The molecule has 3 rings (SSSR count). The Morgan fingerprint density at radius 1 is 1.12 bits per heavy atom. The molecule has 0 aliphatic carbocycles. The van der Waals surface area contributed by atoms with Gasteiger partial charge >= 0.3 is 0 Å². The number of carbonyl (C=O) groups excluding carboxylic acids is 2. The Hall–Kier alpha value is -2.92. The van der Waals surface area contributed by atoms with E-state index in [0.29, 0.717) is 28.4 Å². The van der Waals surface area contributed by atoms with Crippen molar-refractivity contribution in [2.45, 2.75) is 19.9 Å². The van der Waals surface area contributed by atoms with Crippen molar-refractivity contribution in [2.24, 2.45) is 0 Å². The summed E-state index contributed by atoms with van der Waals surface area (Å²) < 4.78 is 1.72. The summed E-state index contributed by atoms with van der Waals surface area (Å²) in [4.78, 5) is 25.1. The van der Waals surface area contributed by atoms with E-state index in [9.17, 15) is 9.59 Å². The number of carbonyl (C=O) groups is 2. The van der Waals surface area contributed by atoms with Crippen LogP contribution in [-0.2, 0) is 11.3 Å². The molecule has 0 atom stereocenters. The van der Waals surface area contributed by atoms with Crippen LogP contribution in [0.15, 0.2) is 60.8 Å². The molecule has 0 bridgehead atoms. The molecule has 0 aliphatic heterocycles. The summed E-state index contributed by atoms with van der Waals surface area (Å²) in [5, 5.41) is 7.50. The minimum atomic E-state index is -0.192. The van der Waals surface area contributed by atoms with Crippen molar-refractivity contribution in [2.75, 3.05) is 5.32 Å². The molecular weight excluding hydrogens is 350 g/mol. The summed E-state index contributed by atoms with van der Waals surface area (Å²) in [6.07, 6.45) is 2.08. The van der Waals surface area contributed by atoms with E-state index in [2.05, 4.69) is 10.4 Å². The highest BCUT2D eigenvalue weighted by Gasteiger charge is 2.16. The zero-order valence-electron chi connectivity index (χ0n) is 14.3. The van der Waals surface area contributed by atoms with Gasteiger partial charge in [0.25, 0.3) is 0 Å². The van der Waals surface area contributed by atoms with Gasteiger partial charge in [-0.25, -0.2) is 0 Å². The van der Waals surface area contributed by atoms with Gasteiger partial charge in [-0.2, -0.15) is 5.10 Å². The topological polar surface area (TPSA) is 64.0 Å². The fourth-order valence-electron chi connectivity index (χ4n) is 2.57. The second-order valence-electron chi connectivity index (χ2n) is 5.90. The first-order valence-corrected chi connectivity index (χ1v) is 8.60. The molecule has 0 saturated heterocycles. The number of ketones is 1. The van der Waals surface area contributed by atoms with Gasteiger partial charge in [-0.05, 0) is 31.2 Å². The molecule has 0 unspecified atom stereocenters. The molecule has 1 heterocycles. The Morgan fingerprint density at radius 2 is 1.88 bits per heavy atom. The van der Waals surface area contributed by atoms with Gasteiger partial charge in [-0.15, -0.1) is 0 Å². The zero-order valence-corrected chi connectivity index (χ0v) is 15.0. The van der Waals surface area contributed by atoms with Crippen molar-refractivity contribution in [3.63, 3.8) is 0 Å². The molecule has 0 spiro atoms. The maximum atomic E-state index is 12.8. The molecule has 132 valence electrons. The molecule has 2 aromatic carbocycles. The number of anilines is 1. The summed E-state index contributed by atoms with van der Waals surface area (Å²) >= 11 is 6.05. The molecule has 1 N–H and O–H groups in total. The van der Waals surface area contributed by atoms with Crippen LogP contribution < -0.4 is 5.32 Å². The zero-order chi connectivity index (χ0) is 18.5. The highest BCUT2D eigenvalue weighted by molar-refractivity contribution is 6.31. The van der Waals surface area contributed by atoms with Crippen molar-refractivity contribution in [1.82, 2.24) is 9.78 Å². The van der Waals surface area contributed by atoms with Gasteiger partial charge < -0.3 is 5.32 Å². The number of hydrogen-bond acceptors (Lipinski definition) is 3. The Balaban J connectivity index is 1.75. The number of rotatable bonds is 6. The van der Waals surface area contributed by atoms with E-state index in [-0.39, 0.29) is 18.1 Å². The number of halogens is 1. The lowest BCUT2D eigenvalue weighted by atomic mass is 10.0. The quantitative estimate of drug-likeness (QED) is 0.667. The lowest BCUT2D eigenvalue weighted by Crippen LogP contribution is -2.17. The van der Waals surface area contributed by atoms with E-state index < -0.39 is 0 Å². The number of hydrogen-bond donors (Lipinski definition) is 1. The first-order chi connectivity index (χ1) is 12.5. The van der Waals surface area contributed by atoms with Gasteiger partial charge in [-0.3, -0.25) is 14.3 Å². The maximum Gasteiger partial charge on any atom is 0.226 e. The summed E-state index contributed by atoms with van der Waals surface area (Å²) in [5.41, 5.74) is 2.26. The average molecular weight is 368 g/mol. The van der Waals surface area contributed by atoms with Gasteiger partial charge in [-0.1, -0.05) is 41.9 Å². The molecule has 0 fully saturated rings. The van der Waals surface area contributed by atoms with Gasteiger partial charge in [0.05, 0.1) is 11.4 Å². The van der Waals surface area contributed by atoms with Crippen LogP contribution >= 0.6 is 11.6 Å². The summed E-state index contributed by atoms with van der Waals surface area (Å²) in [6, 6.07) is 15.6. The third-order valence-corrected chi connectivity index (χ3v) is 4.11. The second kappa shape index (κ2) is 7.97. The minimum absolute atomic E-state index is 0.189. The van der Waals surface area contributed by atoms with Crippen LogP contribution in [-0.4, -0.2) is 21.5 Å². The normalized spacial score (nSPS) is 10.5. The SMILES string of the molecule is Cc1ccn(CCC(=O)Nc2ccc(Cl)cc2C(=O)c2ccccc2)n1. The van der Waals surface area contributed by atoms with Gasteiger partial charge in [0.15, 0.2) is 5.78 Å². The van der Waals surface area contributed by atoms with E-state index in [1.165, 1.54) is 0 Å². The van der Waals surface area contributed by atoms with Crippen LogP contribution in [0.3, 0.4) is 0 Å². The molecule has 6 heteroatoms. The summed E-state index contributed by atoms with van der Waals surface area (Å²) in [5.74, 6) is -0.381. The monoisotopic (exact) mass is 367 g/mol. The third-order valence-electron chi connectivity index (χ3n) is 3.88. The van der Waals surface area contributed by atoms with Crippen LogP contribution in [0.25, 0.3) is 0 Å². The fraction of sp³-hybridized carbons (Fsp3) is 0.150. The first-order valence-electron chi connectivity index (χ1n) is 8.22. The van der Waals surface area contributed by atoms with Gasteiger partial charge in [0, 0.05) is 35.3 Å². The standard InChI is InChI=1S/C20H18ClN3O2/c1-14-9-11-24(23-14)12-10-19(25)22-18-8-7-16(21)13-17(18)20(26)15-5-3-2-4-6-15/h2-9,11,13H,10,12H2,1H3,(H,22,25). The smallest absolute Gasteiger partial charge is 0.226 e. The molecule has 26 heavy (non-hydrogen) atoms. The lowest BCUT2D eigenvalue weighted by molar-refractivity contribution is -0.116. The third kappa shape index (κ3) is 4.37. The number of nitrogens with zero attached hydrogens (tertiary/aromatic N) is 2. The Kier molecular flexibility index (Phi) is 5.49. The number of nitrogens with one attached hydrogen (secondary N) is 1. The fourth-order valence-corrected chi connectivity index (χ4v) is 2.75. The molecule has 3 aromatic rings. The maximum absolute atomic E-state index is 12.8. The highest BCUT2D eigenvalue weighted by Crippen LogP contribution is 2.24. The summed E-state index contributed by atoms with van der Waals surface area (Å²) in [6.45, 7) is 2.36. The first kappa shape index (κ1) is 17.9. The molecular formula is C20H18ClN3O2. The van der Waals surface area contributed by atoms with Crippen molar-refractivity contribution in [3.05, 3.63) is 82.6 Å². The number of benzene rings is 2. The predicted molar refractivity (Wildman–Crippen MR) is 102 cm³/mol. The molecule has 0 radical (unpaired) electrons. The molecule has 5 nitrogen and oxygen atoms in total. The average Bonchev–Trinajstić information content (AvgIpc) is 3.07. The van der Waals surface area contributed by atoms with E-state index in [1.54, 1.807) is 47.1 Å². The Morgan fingerprint density at radius 3 is 2.58 bits per heavy atom. The molecule has 0 aliphatic rings. The summed E-state index contributed by atoms with van der Waals surface area (Å²) in [7, 11) is 0. The van der Waals surface area contributed by atoms with Crippen LogP contribution in [0.5, 0.6) is 0 Å². The molecule has 1 aromatic heterocycles. The van der Waals surface area contributed by atoms with E-state index in [0.717, 1.165) is 5.69 Å². The Bertz CT molecular complexity index is 935. The number of aryl methyl sites for hydroxylation is 2. The molecule has 0 saturated carbocycles. The van der Waals surface area contributed by atoms with Gasteiger partial charge in [0.2, 0.25) is 5.91 Å². The number of aromatic nitrogens is 2. The Labute approximate surface area is 156 Å². The highest BCUT2D eigenvalue weighted by atomic mass is 35.5. The van der Waals surface area contributed by atoms with Crippen LogP contribution in [0.2, 0.25) is 5.02 Å². The predicted octanol–water partition coefficient (Wildman–Crippen LogP) is 4.10. The van der Waals surface area contributed by atoms with Crippen molar-refractivity contribution < 1.29 is 9.59 Å². The largest absolute Gasteiger partial charge is 0.325 e. The molecule has 1 amide bonds.